The second kappa shape index (κ2) is 8.42. The molecule has 0 aliphatic carbocycles. The van der Waals surface area contributed by atoms with Crippen LogP contribution in [-0.4, -0.2) is 44.9 Å². The number of benzene rings is 1. The van der Waals surface area contributed by atoms with Gasteiger partial charge in [-0.3, -0.25) is 0 Å². The molecule has 26 heavy (non-hydrogen) atoms. The molecule has 0 bridgehead atoms. The molecular weight excluding hydrogens is 491 g/mol. The van der Waals surface area contributed by atoms with E-state index in [1.807, 2.05) is 0 Å². The van der Waals surface area contributed by atoms with Crippen molar-refractivity contribution in [3.63, 3.8) is 0 Å². The molecule has 1 aromatic rings. The van der Waals surface area contributed by atoms with Crippen molar-refractivity contribution in [1.82, 2.24) is 0 Å². The summed E-state index contributed by atoms with van der Waals surface area (Å²) in [5, 5.41) is 0. The van der Waals surface area contributed by atoms with Gasteiger partial charge in [0.15, 0.2) is 0 Å². The van der Waals surface area contributed by atoms with Gasteiger partial charge in [0.05, 0.1) is 0 Å². The van der Waals surface area contributed by atoms with E-state index < -0.39 is 50.9 Å². The van der Waals surface area contributed by atoms with Gasteiger partial charge in [0.25, 0.3) is 0 Å². The first-order valence-corrected chi connectivity index (χ1v) is 9.74. The molecule has 0 spiro atoms. The van der Waals surface area contributed by atoms with E-state index in [0.717, 1.165) is 0 Å². The Hall–Kier alpha value is -0.880. The predicted octanol–water partition coefficient (Wildman–Crippen LogP) is 5.56. The zero-order chi connectivity index (χ0) is 20.2. The normalized spacial score (nSPS) is 14.6. The Morgan fingerprint density at radius 1 is 0.885 bits per heavy atom. The van der Waals surface area contributed by atoms with Crippen LogP contribution in [-0.2, 0) is 0 Å². The number of unbranched alkanes of at least 4 members (excludes halogenated alkanes) is 1. The summed E-state index contributed by atoms with van der Waals surface area (Å²) in [6.45, 7) is 1.70. The Balaban J connectivity index is 3.25. The molecule has 0 aliphatic heterocycles. The van der Waals surface area contributed by atoms with E-state index in [-0.39, 0.29) is 10.0 Å². The van der Waals surface area contributed by atoms with Crippen LogP contribution in [0.15, 0.2) is 40.0 Å². The monoisotopic (exact) mass is 508 g/mol. The zero-order valence-electron chi connectivity index (χ0n) is 13.4. The summed E-state index contributed by atoms with van der Waals surface area (Å²) in [6.07, 6.45) is -6.43. The SMILES string of the molecule is CCCC/C(=C\C(F)(F)C(F)(F)C(F)(F)C(F)(F)F)[Te]c1ccccc1. The first kappa shape index (κ1) is 23.2. The number of alkyl halides is 9. The van der Waals surface area contributed by atoms with Crippen LogP contribution >= 0.6 is 0 Å². The summed E-state index contributed by atoms with van der Waals surface area (Å²) >= 11 is -1.62. The summed E-state index contributed by atoms with van der Waals surface area (Å²) in [5.41, 5.74) is 0. The fourth-order valence-electron chi connectivity index (χ4n) is 1.82. The fraction of sp³-hybridized carbons (Fsp3) is 0.500. The van der Waals surface area contributed by atoms with Gasteiger partial charge in [-0.05, 0) is 0 Å². The van der Waals surface area contributed by atoms with Crippen LogP contribution in [0.25, 0.3) is 0 Å². The van der Waals surface area contributed by atoms with Gasteiger partial charge in [-0.25, -0.2) is 0 Å². The van der Waals surface area contributed by atoms with Crippen molar-refractivity contribution in [3.8, 4) is 0 Å². The molecule has 0 radical (unpaired) electrons. The number of hydrogen-bond donors (Lipinski definition) is 0. The number of halogens is 9. The van der Waals surface area contributed by atoms with Crippen molar-refractivity contribution in [3.05, 3.63) is 40.0 Å². The molecule has 0 atom stereocenters. The fourth-order valence-corrected chi connectivity index (χ4v) is 4.82. The first-order chi connectivity index (χ1) is 11.8. The number of allylic oxidation sites excluding steroid dienone is 2. The third-order valence-electron chi connectivity index (χ3n) is 3.28. The Morgan fingerprint density at radius 2 is 1.42 bits per heavy atom. The van der Waals surface area contributed by atoms with Gasteiger partial charge >= 0.3 is 154 Å². The third-order valence-corrected chi connectivity index (χ3v) is 6.40. The van der Waals surface area contributed by atoms with Gasteiger partial charge in [-0.2, -0.15) is 0 Å². The molecule has 0 heterocycles. The Labute approximate surface area is 154 Å². The Morgan fingerprint density at radius 3 is 1.88 bits per heavy atom. The van der Waals surface area contributed by atoms with Gasteiger partial charge in [-0.15, -0.1) is 0 Å². The van der Waals surface area contributed by atoms with Crippen molar-refractivity contribution in [1.29, 1.82) is 0 Å². The number of rotatable bonds is 8. The van der Waals surface area contributed by atoms with Gasteiger partial charge < -0.3 is 0 Å². The molecule has 148 valence electrons. The van der Waals surface area contributed by atoms with Crippen LogP contribution in [0.4, 0.5) is 39.5 Å². The van der Waals surface area contributed by atoms with Crippen molar-refractivity contribution >= 4 is 24.5 Å². The molecule has 0 aliphatic rings. The van der Waals surface area contributed by atoms with Crippen LogP contribution in [0.5, 0.6) is 0 Å². The molecule has 0 nitrogen and oxygen atoms in total. The second-order valence-electron chi connectivity index (χ2n) is 5.40. The molecule has 0 unspecified atom stereocenters. The molecule has 0 aromatic heterocycles. The maximum atomic E-state index is 13.8. The standard InChI is InChI=1S/C16H15F9Te/c1-2-3-7-12(26-11-8-5-4-6-9-11)10-13(17,18)14(19,20)15(21,22)16(23,24)25/h4-6,8-10H,2-3,7H2,1H3/b12-10+. The van der Waals surface area contributed by atoms with Crippen LogP contribution in [0.1, 0.15) is 26.2 Å². The van der Waals surface area contributed by atoms with E-state index in [4.69, 9.17) is 0 Å². The van der Waals surface area contributed by atoms with E-state index in [9.17, 15) is 39.5 Å². The van der Waals surface area contributed by atoms with Crippen LogP contribution in [0.2, 0.25) is 0 Å². The summed E-state index contributed by atoms with van der Waals surface area (Å²) in [7, 11) is 0. The summed E-state index contributed by atoms with van der Waals surface area (Å²) < 4.78 is 117. The van der Waals surface area contributed by atoms with Crippen molar-refractivity contribution in [2.45, 2.75) is 50.1 Å². The summed E-state index contributed by atoms with van der Waals surface area (Å²) in [6, 6.07) is 7.92. The topological polar surface area (TPSA) is 0 Å². The predicted molar refractivity (Wildman–Crippen MR) is 80.3 cm³/mol. The van der Waals surface area contributed by atoms with Crippen LogP contribution < -0.4 is 3.61 Å². The first-order valence-electron chi connectivity index (χ1n) is 7.41. The second-order valence-corrected chi connectivity index (χ2v) is 8.82. The Bertz CT molecular complexity index is 606. The van der Waals surface area contributed by atoms with E-state index in [2.05, 4.69) is 0 Å². The molecule has 10 heteroatoms. The summed E-state index contributed by atoms with van der Waals surface area (Å²) in [5.74, 6) is -19.1. The molecule has 0 fully saturated rings. The van der Waals surface area contributed by atoms with Gasteiger partial charge in [0.1, 0.15) is 0 Å². The Kier molecular flexibility index (Phi) is 7.50. The van der Waals surface area contributed by atoms with E-state index >= 15 is 0 Å². The third kappa shape index (κ3) is 5.09. The molecule has 0 saturated heterocycles. The molecule has 1 rings (SSSR count). The van der Waals surface area contributed by atoms with Crippen molar-refractivity contribution in [2.75, 3.05) is 0 Å². The minimum absolute atomic E-state index is 0.0725. The number of hydrogen-bond acceptors (Lipinski definition) is 0. The maximum absolute atomic E-state index is 13.8. The molecular formula is C16H15F9Te. The average molecular weight is 506 g/mol. The zero-order valence-corrected chi connectivity index (χ0v) is 15.7. The molecule has 0 amide bonds. The average Bonchev–Trinajstić information content (AvgIpc) is 2.51. The molecule has 1 aromatic carbocycles. The van der Waals surface area contributed by atoms with Gasteiger partial charge in [0, 0.05) is 0 Å². The minimum atomic E-state index is -6.86. The van der Waals surface area contributed by atoms with Gasteiger partial charge in [-0.1, -0.05) is 0 Å². The van der Waals surface area contributed by atoms with Crippen molar-refractivity contribution in [2.24, 2.45) is 0 Å². The van der Waals surface area contributed by atoms with E-state index in [1.165, 1.54) is 0 Å². The van der Waals surface area contributed by atoms with Gasteiger partial charge in [0.2, 0.25) is 0 Å². The van der Waals surface area contributed by atoms with Crippen LogP contribution in [0, 0.1) is 0 Å². The van der Waals surface area contributed by atoms with E-state index in [0.29, 0.717) is 16.5 Å². The summed E-state index contributed by atoms with van der Waals surface area (Å²) in [4.78, 5) is 0. The van der Waals surface area contributed by atoms with E-state index in [1.54, 1.807) is 37.3 Å². The molecule has 0 saturated carbocycles. The van der Waals surface area contributed by atoms with Crippen molar-refractivity contribution < 1.29 is 39.5 Å². The molecule has 0 N–H and O–H groups in total. The quantitative estimate of drug-likeness (QED) is 0.321. The van der Waals surface area contributed by atoms with Crippen LogP contribution in [0.3, 0.4) is 0 Å².